The Hall–Kier alpha value is -3.05. The molecule has 0 spiro atoms. The number of thiol groups is 1. The Kier molecular flexibility index (Phi) is 69.9. The van der Waals surface area contributed by atoms with Gasteiger partial charge in [-0.3, -0.25) is 4.79 Å². The summed E-state index contributed by atoms with van der Waals surface area (Å²) in [5.41, 5.74) is 4.24. The van der Waals surface area contributed by atoms with Gasteiger partial charge in [0.25, 0.3) is 0 Å². The van der Waals surface area contributed by atoms with E-state index in [-0.39, 0.29) is 0 Å². The summed E-state index contributed by atoms with van der Waals surface area (Å²) in [4.78, 5) is 18.6. The molecule has 8 heteroatoms. The van der Waals surface area contributed by atoms with Crippen LogP contribution in [-0.4, -0.2) is 24.2 Å². The lowest BCUT2D eigenvalue weighted by Crippen LogP contribution is -2.13. The van der Waals surface area contributed by atoms with E-state index in [4.69, 9.17) is 15.3 Å². The van der Waals surface area contributed by atoms with Crippen molar-refractivity contribution in [3.63, 3.8) is 0 Å². The molecular formula is C53H100N4O3S. The second-order valence-electron chi connectivity index (χ2n) is 15.3. The highest BCUT2D eigenvalue weighted by atomic mass is 32.1. The van der Waals surface area contributed by atoms with E-state index < -0.39 is 5.97 Å². The van der Waals surface area contributed by atoms with Crippen LogP contribution in [0.5, 0.6) is 0 Å². The number of carboxylic acid groups (broad SMARTS) is 1. The third kappa shape index (κ3) is 66.2. The minimum atomic E-state index is -0.663. The number of carboxylic acids is 1. The van der Waals surface area contributed by atoms with Crippen molar-refractivity contribution in [2.24, 2.45) is 4.58 Å². The first kappa shape index (κ1) is 67.0. The predicted molar refractivity (Wildman–Crippen MR) is 278 cm³/mol. The number of hydrogen-bond acceptors (Lipinski definition) is 6. The van der Waals surface area contributed by atoms with Gasteiger partial charge in [-0.1, -0.05) is 221 Å². The molecule has 61 heavy (non-hydrogen) atoms. The summed E-state index contributed by atoms with van der Waals surface area (Å²) in [5, 5.41) is 24.0. The average Bonchev–Trinajstić information content (AvgIpc) is 3.26. The van der Waals surface area contributed by atoms with Gasteiger partial charge in [-0.25, -0.2) is 0 Å². The van der Waals surface area contributed by atoms with Crippen LogP contribution in [0.1, 0.15) is 248 Å². The largest absolute Gasteiger partial charge is 0.481 e. The summed E-state index contributed by atoms with van der Waals surface area (Å²) in [6.45, 7) is 23.4. The van der Waals surface area contributed by atoms with Crippen LogP contribution < -0.4 is 10.6 Å². The lowest BCUT2D eigenvalue weighted by atomic mass is 10.1. The van der Waals surface area contributed by atoms with Crippen molar-refractivity contribution >= 4 is 30.5 Å². The number of unbranched alkanes of at least 4 members (excludes halogenated alkanes) is 21. The van der Waals surface area contributed by atoms with E-state index in [0.29, 0.717) is 6.42 Å². The highest BCUT2D eigenvalue weighted by Crippen LogP contribution is 2.13. The van der Waals surface area contributed by atoms with Gasteiger partial charge < -0.3 is 15.7 Å². The molecule has 0 heterocycles. The zero-order valence-corrected chi connectivity index (χ0v) is 42.6. The lowest BCUT2D eigenvalue weighted by Gasteiger charge is -2.07. The number of anilines is 1. The fourth-order valence-electron chi connectivity index (χ4n) is 5.94. The molecule has 0 aromatic heterocycles. The van der Waals surface area contributed by atoms with Crippen LogP contribution in [0.4, 0.5) is 5.69 Å². The molecule has 0 aliphatic heterocycles. The number of benzene rings is 1. The van der Waals surface area contributed by atoms with Gasteiger partial charge in [0.15, 0.2) is 0 Å². The van der Waals surface area contributed by atoms with Crippen LogP contribution in [0, 0.1) is 16.2 Å². The van der Waals surface area contributed by atoms with Crippen LogP contribution in [0.15, 0.2) is 58.3 Å². The molecule has 356 valence electrons. The Morgan fingerprint density at radius 1 is 0.672 bits per heavy atom. The van der Waals surface area contributed by atoms with Crippen LogP contribution in [-0.2, 0) is 4.79 Å². The van der Waals surface area contributed by atoms with E-state index >= 15 is 0 Å². The zero-order valence-electron chi connectivity index (χ0n) is 41.7. The van der Waals surface area contributed by atoms with Crippen molar-refractivity contribution in [2.45, 2.75) is 243 Å². The van der Waals surface area contributed by atoms with Crippen molar-refractivity contribution in [1.82, 2.24) is 5.32 Å². The highest BCUT2D eigenvalue weighted by molar-refractivity contribution is 7.78. The summed E-state index contributed by atoms with van der Waals surface area (Å²) in [7, 11) is 0. The Bertz CT molecular complexity index is 1120. The fraction of sp³-hybridized carbons (Fsp3) is 0.736. The molecule has 1 aromatic carbocycles. The molecule has 0 fully saturated rings. The van der Waals surface area contributed by atoms with Gasteiger partial charge in [-0.2, -0.15) is 5.26 Å². The van der Waals surface area contributed by atoms with Gasteiger partial charge in [-0.05, 0) is 69.4 Å². The lowest BCUT2D eigenvalue weighted by molar-refractivity contribution is -0.137. The van der Waals surface area contributed by atoms with Gasteiger partial charge in [-0.15, -0.1) is 4.91 Å². The van der Waals surface area contributed by atoms with Gasteiger partial charge in [0.05, 0.1) is 6.07 Å². The summed E-state index contributed by atoms with van der Waals surface area (Å²) < 4.78 is 1.94. The van der Waals surface area contributed by atoms with Crippen molar-refractivity contribution in [1.29, 1.82) is 5.26 Å². The summed E-state index contributed by atoms with van der Waals surface area (Å²) in [6, 6.07) is 10.4. The molecule has 0 atom stereocenters. The monoisotopic (exact) mass is 873 g/mol. The third-order valence-electron chi connectivity index (χ3n) is 9.41. The van der Waals surface area contributed by atoms with E-state index in [0.717, 1.165) is 49.2 Å². The molecule has 1 aromatic rings. The number of nitrogens with one attached hydrogen (secondary N) is 2. The molecule has 1 rings (SSSR count). The number of allylic oxidation sites excluding steroid dienone is 4. The van der Waals surface area contributed by atoms with E-state index in [1.54, 1.807) is 0 Å². The van der Waals surface area contributed by atoms with Crippen LogP contribution in [0.2, 0.25) is 0 Å². The highest BCUT2D eigenvalue weighted by Gasteiger charge is 1.97. The molecule has 0 saturated heterocycles. The van der Waals surface area contributed by atoms with Crippen molar-refractivity contribution in [2.75, 3.05) is 18.4 Å². The van der Waals surface area contributed by atoms with Crippen LogP contribution >= 0.6 is 12.8 Å². The van der Waals surface area contributed by atoms with E-state index in [2.05, 4.69) is 108 Å². The van der Waals surface area contributed by atoms with Gasteiger partial charge in [0.1, 0.15) is 0 Å². The second-order valence-corrected chi connectivity index (χ2v) is 15.4. The van der Waals surface area contributed by atoms with Gasteiger partial charge in [0.2, 0.25) is 0 Å². The quantitative estimate of drug-likeness (QED) is 0.0188. The van der Waals surface area contributed by atoms with Crippen LogP contribution in [0.25, 0.3) is 6.08 Å². The number of rotatable bonds is 32. The SMILES string of the molecule is C/C=C\C(=C/CC)NCCCCCCCCC.CC.CCCCCCCC.CCCCCCCCCC(=O)O.CCCCCCCNc1ccc(/C=C(/C)C#N)cc1.O=NS. The molecule has 7 nitrogen and oxygen atoms in total. The Morgan fingerprint density at radius 3 is 1.41 bits per heavy atom. The third-order valence-corrected chi connectivity index (χ3v) is 9.41. The maximum atomic E-state index is 10.1. The number of nitrogens with zero attached hydrogens (tertiary/aromatic N) is 2. The zero-order chi connectivity index (χ0) is 46.9. The average molecular weight is 873 g/mol. The predicted octanol–water partition coefficient (Wildman–Crippen LogP) is 18.4. The van der Waals surface area contributed by atoms with Crippen molar-refractivity contribution in [3.8, 4) is 6.07 Å². The van der Waals surface area contributed by atoms with Gasteiger partial charge in [0, 0.05) is 53.9 Å². The maximum absolute atomic E-state index is 10.1. The number of nitroso groups, excluding NO2 is 1. The molecule has 0 aliphatic carbocycles. The van der Waals surface area contributed by atoms with E-state index in [1.807, 2.05) is 43.6 Å². The Labute approximate surface area is 385 Å². The molecule has 0 bridgehead atoms. The number of carbonyl (C=O) groups is 1. The molecule has 0 unspecified atom stereocenters. The van der Waals surface area contributed by atoms with Crippen molar-refractivity contribution in [3.05, 3.63) is 64.2 Å². The second kappa shape index (κ2) is 63.6. The first-order valence-electron chi connectivity index (χ1n) is 24.9. The molecule has 0 amide bonds. The maximum Gasteiger partial charge on any atom is 0.303 e. The molecule has 3 N–H and O–H groups in total. The molecule has 0 radical (unpaired) electrons. The minimum Gasteiger partial charge on any atom is -0.481 e. The number of hydrogen-bond donors (Lipinski definition) is 4. The van der Waals surface area contributed by atoms with Gasteiger partial charge >= 0.3 is 5.97 Å². The van der Waals surface area contributed by atoms with Crippen molar-refractivity contribution < 1.29 is 9.90 Å². The van der Waals surface area contributed by atoms with Crippen LogP contribution in [0.3, 0.4) is 0 Å². The molecular weight excluding hydrogens is 773 g/mol. The molecule has 0 saturated carbocycles. The Morgan fingerprint density at radius 2 is 1.05 bits per heavy atom. The smallest absolute Gasteiger partial charge is 0.303 e. The van der Waals surface area contributed by atoms with E-state index in [9.17, 15) is 4.79 Å². The number of nitriles is 1. The molecule has 0 aliphatic rings. The fourth-order valence-corrected chi connectivity index (χ4v) is 5.94. The first-order valence-corrected chi connectivity index (χ1v) is 25.3. The first-order chi connectivity index (χ1) is 29.7. The standard InChI is InChI=1S/C17H24N2.C16H31N.C10H20O2.C8H18.C2H6.HNOS/c1-3-4-5-6-7-12-19-17-10-8-16(9-11-17)13-15(2)14-18;1-4-7-8-9-10-11-12-15-17-16(13-5-2)14-6-3;1-2-3-4-5-6-7-8-9-10(11)12;1-3-5-7-8-6-4-2;1-2;2-1-3/h8-11,13,19H,3-7,12H2,1-2H3;5,13-14,17H,4,6-12,15H2,1-3H3;2-9H2,1H3,(H,11,12);3-8H2,1-2H3;1-2H3;(H,2,3)/b15-13-;13-5-,16-14+;;;;. The summed E-state index contributed by atoms with van der Waals surface area (Å²) >= 11 is 2.86. The number of aliphatic carboxylic acids is 1. The topological polar surface area (TPSA) is 115 Å². The summed E-state index contributed by atoms with van der Waals surface area (Å²) in [6.07, 6.45) is 42.8. The van der Waals surface area contributed by atoms with E-state index in [1.165, 1.54) is 153 Å². The Balaban J connectivity index is -0.000000228. The minimum absolute atomic E-state index is 0.341. The summed E-state index contributed by atoms with van der Waals surface area (Å²) in [5.74, 6) is -0.663. The normalized spacial score (nSPS) is 10.5.